The normalized spacial score (nSPS) is 10.7. The number of carbonyl (C=O) groups excluding carboxylic acids is 1. The Morgan fingerprint density at radius 2 is 1.58 bits per heavy atom. The molecule has 0 amide bonds. The van der Waals surface area contributed by atoms with Crippen molar-refractivity contribution >= 4 is 11.9 Å². The maximum Gasteiger partial charge on any atom is 0.189 e. The van der Waals surface area contributed by atoms with E-state index in [-0.39, 0.29) is 5.78 Å². The summed E-state index contributed by atoms with van der Waals surface area (Å²) in [5.41, 5.74) is 2.54. The van der Waals surface area contributed by atoms with Crippen molar-refractivity contribution in [3.63, 3.8) is 0 Å². The van der Waals surface area contributed by atoms with Crippen molar-refractivity contribution in [2.24, 2.45) is 0 Å². The number of allylic oxidation sites excluding steroid dienone is 1. The predicted octanol–water partition coefficient (Wildman–Crippen LogP) is 5.17. The average molecular weight is 344 g/mol. The topological polar surface area (TPSA) is 35.5 Å². The molecule has 3 nitrogen and oxygen atoms in total. The van der Waals surface area contributed by atoms with Crippen molar-refractivity contribution in [1.82, 2.24) is 0 Å². The number of carbonyl (C=O) groups is 1. The third-order valence-corrected chi connectivity index (χ3v) is 3.93. The van der Waals surface area contributed by atoms with Gasteiger partial charge in [-0.3, -0.25) is 4.79 Å². The molecule has 0 aliphatic carbocycles. The summed E-state index contributed by atoms with van der Waals surface area (Å²) in [6.45, 7) is 0.424. The van der Waals surface area contributed by atoms with Gasteiger partial charge in [0.05, 0.1) is 12.7 Å². The quantitative estimate of drug-likeness (QED) is 0.438. The van der Waals surface area contributed by atoms with Crippen LogP contribution >= 0.6 is 0 Å². The molecule has 130 valence electrons. The second kappa shape index (κ2) is 8.67. The molecule has 0 radical (unpaired) electrons. The minimum atomic E-state index is -0.0931. The molecule has 0 bridgehead atoms. The highest BCUT2D eigenvalue weighted by atomic mass is 16.5. The molecule has 0 fully saturated rings. The van der Waals surface area contributed by atoms with Crippen LogP contribution in [0, 0.1) is 0 Å². The molecule has 26 heavy (non-hydrogen) atoms. The first kappa shape index (κ1) is 17.5. The highest BCUT2D eigenvalue weighted by Gasteiger charge is 2.09. The molecule has 0 aliphatic heterocycles. The highest BCUT2D eigenvalue weighted by molar-refractivity contribution is 6.08. The lowest BCUT2D eigenvalue weighted by Gasteiger charge is -2.09. The first-order valence-corrected chi connectivity index (χ1v) is 8.38. The lowest BCUT2D eigenvalue weighted by Crippen LogP contribution is -2.02. The van der Waals surface area contributed by atoms with E-state index >= 15 is 0 Å². The molecule has 3 aromatic rings. The van der Waals surface area contributed by atoms with Gasteiger partial charge in [0.2, 0.25) is 0 Å². The fourth-order valence-electron chi connectivity index (χ4n) is 2.51. The highest BCUT2D eigenvalue weighted by Crippen LogP contribution is 2.21. The molecule has 0 N–H and O–H groups in total. The van der Waals surface area contributed by atoms with Gasteiger partial charge in [0.25, 0.3) is 0 Å². The fraction of sp³-hybridized carbons (Fsp3) is 0.0870. The number of hydrogen-bond donors (Lipinski definition) is 0. The van der Waals surface area contributed by atoms with E-state index in [1.165, 1.54) is 0 Å². The van der Waals surface area contributed by atoms with E-state index in [2.05, 4.69) is 0 Å². The molecule has 3 heteroatoms. The van der Waals surface area contributed by atoms with E-state index in [4.69, 9.17) is 9.47 Å². The zero-order valence-corrected chi connectivity index (χ0v) is 14.6. The standard InChI is InChI=1S/C23H20O3/c1-25-20-14-11-18(12-15-20)13-16-22(24)21-9-5-6-10-23(21)26-17-19-7-3-2-4-8-19/h2-16H,17H2,1H3. The zero-order valence-electron chi connectivity index (χ0n) is 14.6. The van der Waals surface area contributed by atoms with Gasteiger partial charge in [-0.1, -0.05) is 60.7 Å². The summed E-state index contributed by atoms with van der Waals surface area (Å²) in [7, 11) is 1.63. The van der Waals surface area contributed by atoms with Crippen LogP contribution in [0.25, 0.3) is 6.08 Å². The van der Waals surface area contributed by atoms with Crippen LogP contribution in [0.4, 0.5) is 0 Å². The molecule has 0 heterocycles. The molecule has 3 aromatic carbocycles. The first-order valence-electron chi connectivity index (χ1n) is 8.38. The van der Waals surface area contributed by atoms with Gasteiger partial charge >= 0.3 is 0 Å². The number of para-hydroxylation sites is 1. The van der Waals surface area contributed by atoms with Crippen molar-refractivity contribution in [2.75, 3.05) is 7.11 Å². The SMILES string of the molecule is COc1ccc(C=CC(=O)c2ccccc2OCc2ccccc2)cc1. The number of ketones is 1. The Labute approximate surface area is 153 Å². The minimum absolute atomic E-state index is 0.0931. The summed E-state index contributed by atoms with van der Waals surface area (Å²) in [5, 5.41) is 0. The van der Waals surface area contributed by atoms with Crippen molar-refractivity contribution in [2.45, 2.75) is 6.61 Å². The van der Waals surface area contributed by atoms with E-state index in [9.17, 15) is 4.79 Å². The average Bonchev–Trinajstić information content (AvgIpc) is 2.72. The van der Waals surface area contributed by atoms with Gasteiger partial charge in [-0.25, -0.2) is 0 Å². The van der Waals surface area contributed by atoms with E-state index in [1.807, 2.05) is 72.8 Å². The van der Waals surface area contributed by atoms with Crippen molar-refractivity contribution in [3.05, 3.63) is 102 Å². The Morgan fingerprint density at radius 3 is 2.31 bits per heavy atom. The molecule has 0 aliphatic rings. The second-order valence-electron chi connectivity index (χ2n) is 5.74. The van der Waals surface area contributed by atoms with Crippen molar-refractivity contribution in [1.29, 1.82) is 0 Å². The van der Waals surface area contributed by atoms with E-state index in [0.717, 1.165) is 16.9 Å². The maximum atomic E-state index is 12.6. The van der Waals surface area contributed by atoms with Gasteiger partial charge in [0, 0.05) is 0 Å². The Balaban J connectivity index is 1.71. The fourth-order valence-corrected chi connectivity index (χ4v) is 2.51. The molecule has 0 saturated carbocycles. The Kier molecular flexibility index (Phi) is 5.84. The first-order chi connectivity index (χ1) is 12.8. The van der Waals surface area contributed by atoms with E-state index in [1.54, 1.807) is 25.3 Å². The van der Waals surface area contributed by atoms with Crippen LogP contribution in [0.1, 0.15) is 21.5 Å². The molecule has 3 rings (SSSR count). The summed E-state index contributed by atoms with van der Waals surface area (Å²) in [4.78, 5) is 12.6. The molecular weight excluding hydrogens is 324 g/mol. The lowest BCUT2D eigenvalue weighted by molar-refractivity contribution is 0.104. The number of ether oxygens (including phenoxy) is 2. The second-order valence-corrected chi connectivity index (χ2v) is 5.74. The molecule has 0 saturated heterocycles. The smallest absolute Gasteiger partial charge is 0.189 e. The molecular formula is C23H20O3. The van der Waals surface area contributed by atoms with Gasteiger partial charge in [0.1, 0.15) is 18.1 Å². The van der Waals surface area contributed by atoms with E-state index < -0.39 is 0 Å². The third-order valence-electron chi connectivity index (χ3n) is 3.93. The summed E-state index contributed by atoms with van der Waals surface area (Å²) < 4.78 is 11.0. The summed E-state index contributed by atoms with van der Waals surface area (Å²) in [5.74, 6) is 1.28. The number of rotatable bonds is 7. The van der Waals surface area contributed by atoms with E-state index in [0.29, 0.717) is 17.9 Å². The lowest BCUT2D eigenvalue weighted by atomic mass is 10.1. The van der Waals surface area contributed by atoms with Gasteiger partial charge in [-0.05, 0) is 41.5 Å². The summed E-state index contributed by atoms with van der Waals surface area (Å²) in [6, 6.07) is 24.7. The van der Waals surface area contributed by atoms with Gasteiger partial charge < -0.3 is 9.47 Å². The maximum absolute atomic E-state index is 12.6. The summed E-state index contributed by atoms with van der Waals surface area (Å²) in [6.07, 6.45) is 3.35. The zero-order chi connectivity index (χ0) is 18.2. The van der Waals surface area contributed by atoms with Gasteiger partial charge in [-0.2, -0.15) is 0 Å². The third kappa shape index (κ3) is 4.61. The van der Waals surface area contributed by atoms with Crippen LogP contribution in [0.3, 0.4) is 0 Å². The van der Waals surface area contributed by atoms with Crippen LogP contribution in [-0.2, 0) is 6.61 Å². The number of benzene rings is 3. The molecule has 0 aromatic heterocycles. The predicted molar refractivity (Wildman–Crippen MR) is 104 cm³/mol. The van der Waals surface area contributed by atoms with Crippen LogP contribution in [0.5, 0.6) is 11.5 Å². The largest absolute Gasteiger partial charge is 0.497 e. The van der Waals surface area contributed by atoms with Gasteiger partial charge in [0.15, 0.2) is 5.78 Å². The monoisotopic (exact) mass is 344 g/mol. The Hall–Kier alpha value is -3.33. The molecule has 0 unspecified atom stereocenters. The van der Waals surface area contributed by atoms with Crippen LogP contribution in [0.2, 0.25) is 0 Å². The van der Waals surface area contributed by atoms with Crippen LogP contribution in [0.15, 0.2) is 84.9 Å². The number of methoxy groups -OCH3 is 1. The Bertz CT molecular complexity index is 881. The molecule has 0 atom stereocenters. The van der Waals surface area contributed by atoms with Gasteiger partial charge in [-0.15, -0.1) is 0 Å². The van der Waals surface area contributed by atoms with Crippen LogP contribution < -0.4 is 9.47 Å². The van der Waals surface area contributed by atoms with Crippen molar-refractivity contribution in [3.8, 4) is 11.5 Å². The Morgan fingerprint density at radius 1 is 0.885 bits per heavy atom. The molecule has 0 spiro atoms. The summed E-state index contributed by atoms with van der Waals surface area (Å²) >= 11 is 0. The minimum Gasteiger partial charge on any atom is -0.497 e. The van der Waals surface area contributed by atoms with Crippen molar-refractivity contribution < 1.29 is 14.3 Å². The van der Waals surface area contributed by atoms with Crippen LogP contribution in [-0.4, -0.2) is 12.9 Å². The number of hydrogen-bond acceptors (Lipinski definition) is 3.